The number of carbonyl (C=O) groups excluding carboxylic acids is 5. The Morgan fingerprint density at radius 1 is 1.03 bits per heavy atom. The van der Waals surface area contributed by atoms with E-state index in [-0.39, 0.29) is 55.6 Å². The average Bonchev–Trinajstić information content (AvgIpc) is 3.66. The highest BCUT2D eigenvalue weighted by Gasteiger charge is 2.45. The summed E-state index contributed by atoms with van der Waals surface area (Å²) in [7, 11) is 5.07. The number of fused-ring (bicyclic) bond motifs is 4. The van der Waals surface area contributed by atoms with Crippen molar-refractivity contribution < 1.29 is 38.6 Å². The molecule has 1 aromatic rings. The van der Waals surface area contributed by atoms with Crippen LogP contribution in [0.4, 0.5) is 10.5 Å². The van der Waals surface area contributed by atoms with Crippen molar-refractivity contribution in [2.24, 2.45) is 17.8 Å². The molecule has 0 spiro atoms. The first-order chi connectivity index (χ1) is 27.9. The van der Waals surface area contributed by atoms with Crippen LogP contribution in [0.15, 0.2) is 48.6 Å². The van der Waals surface area contributed by atoms with Crippen LogP contribution in [0, 0.1) is 17.8 Å². The highest BCUT2D eigenvalue weighted by atomic mass is 16.5. The van der Waals surface area contributed by atoms with Gasteiger partial charge in [0.1, 0.15) is 17.8 Å². The van der Waals surface area contributed by atoms with Crippen molar-refractivity contribution in [3.8, 4) is 5.75 Å². The lowest BCUT2D eigenvalue weighted by molar-refractivity contribution is -0.142. The van der Waals surface area contributed by atoms with Crippen molar-refractivity contribution in [1.82, 2.24) is 31.1 Å². The highest BCUT2D eigenvalue weighted by Crippen LogP contribution is 2.31. The molecule has 6 amide bonds. The molecule has 2 aliphatic carbocycles. The van der Waals surface area contributed by atoms with E-state index in [4.69, 9.17) is 9.47 Å². The number of nitrogens with zero attached hydrogens (tertiary/aromatic N) is 3. The minimum atomic E-state index is -1.57. The SMILES string of the molecule is CCCC(NC(=O)[C@@H]1C[C@@H]2CN1C(=O)C(C1CCCCC1)NC(=O)N(C)c1cccc(c1)OCCCO2)C(O)C(=O)NCCN[C@H](C(=O)N(C)C)C1C=CC=CC1C. The number of nitrogens with one attached hydrogen (secondary N) is 4. The molecule has 58 heavy (non-hydrogen) atoms. The summed E-state index contributed by atoms with van der Waals surface area (Å²) in [5.74, 6) is -0.990. The number of hydrogen-bond donors (Lipinski definition) is 5. The van der Waals surface area contributed by atoms with Crippen LogP contribution in [-0.2, 0) is 23.9 Å². The van der Waals surface area contributed by atoms with Crippen LogP contribution in [0.25, 0.3) is 0 Å². The summed E-state index contributed by atoms with van der Waals surface area (Å²) in [6.45, 7) is 5.26. The summed E-state index contributed by atoms with van der Waals surface area (Å²) in [5.41, 5.74) is 0.611. The lowest BCUT2D eigenvalue weighted by Crippen LogP contribution is -2.59. The van der Waals surface area contributed by atoms with E-state index < -0.39 is 54.2 Å². The summed E-state index contributed by atoms with van der Waals surface area (Å²) in [6.07, 6.45) is 12.1. The topological polar surface area (TPSA) is 182 Å². The third-order valence-corrected chi connectivity index (χ3v) is 11.9. The monoisotopic (exact) mass is 807 g/mol. The lowest BCUT2D eigenvalue weighted by atomic mass is 9.83. The molecule has 1 aromatic carbocycles. The second-order valence-corrected chi connectivity index (χ2v) is 16.3. The standard InChI is InChI=1S/C43H65N7O8/c1-6-14-34(38(51)40(53)45-22-21-44-37(41(54)48(3)4)33-20-11-10-15-28(33)2)46-39(52)35-26-32-27-50(35)42(55)36(29-16-8-7-9-17-29)47-43(56)49(5)30-18-12-19-31(25-30)57-23-13-24-58-32/h10-12,15,18-20,25,28-29,32-38,44,51H,6-9,13-14,16-17,21-24,26-27H2,1-5H3,(H,45,53)(H,46,52)(H,47,56)/t28?,32-,33?,34?,35+,36?,37+,38?/m1/s1. The fourth-order valence-electron chi connectivity index (χ4n) is 8.48. The molecular formula is C43H65N7O8. The van der Waals surface area contributed by atoms with Gasteiger partial charge in [-0.1, -0.05) is 69.9 Å². The molecular weight excluding hydrogens is 743 g/mol. The Hall–Kier alpha value is -4.47. The molecule has 0 radical (unpaired) electrons. The van der Waals surface area contributed by atoms with Gasteiger partial charge in [0.05, 0.1) is 31.4 Å². The van der Waals surface area contributed by atoms with Crippen molar-refractivity contribution in [2.45, 2.75) is 108 Å². The molecule has 2 fully saturated rings. The number of ether oxygens (including phenoxy) is 2. The summed E-state index contributed by atoms with van der Waals surface area (Å²) < 4.78 is 12.2. The average molecular weight is 808 g/mol. The van der Waals surface area contributed by atoms with Gasteiger partial charge in [-0.25, -0.2) is 4.79 Å². The van der Waals surface area contributed by atoms with E-state index in [9.17, 15) is 29.1 Å². The number of likely N-dealkylation sites (N-methyl/N-ethyl adjacent to an activating group) is 1. The highest BCUT2D eigenvalue weighted by molar-refractivity contribution is 5.97. The molecule has 4 bridgehead atoms. The maximum absolute atomic E-state index is 14.7. The van der Waals surface area contributed by atoms with Gasteiger partial charge in [-0.15, -0.1) is 0 Å². The molecule has 5 rings (SSSR count). The molecule has 2 heterocycles. The smallest absolute Gasteiger partial charge is 0.322 e. The van der Waals surface area contributed by atoms with Crippen molar-refractivity contribution >= 4 is 35.3 Å². The van der Waals surface area contributed by atoms with Gasteiger partial charge < -0.3 is 45.6 Å². The van der Waals surface area contributed by atoms with Gasteiger partial charge in [-0.2, -0.15) is 0 Å². The van der Waals surface area contributed by atoms with Gasteiger partial charge in [0, 0.05) is 71.3 Å². The second kappa shape index (κ2) is 21.5. The fraction of sp³-hybridized carbons (Fsp3) is 0.651. The van der Waals surface area contributed by atoms with Crippen LogP contribution in [0.5, 0.6) is 5.75 Å². The predicted molar refractivity (Wildman–Crippen MR) is 221 cm³/mol. The Kier molecular flexibility index (Phi) is 16.6. The zero-order valence-electron chi connectivity index (χ0n) is 34.9. The number of carbonyl (C=O) groups is 5. The van der Waals surface area contributed by atoms with Crippen LogP contribution in [0.1, 0.15) is 71.6 Å². The quantitative estimate of drug-likeness (QED) is 0.187. The molecule has 15 nitrogen and oxygen atoms in total. The summed E-state index contributed by atoms with van der Waals surface area (Å²) in [5, 5.41) is 23.3. The van der Waals surface area contributed by atoms with Crippen molar-refractivity contribution in [3.63, 3.8) is 0 Å². The summed E-state index contributed by atoms with van der Waals surface area (Å²) in [6, 6.07) is 3.55. The molecule has 8 atom stereocenters. The Morgan fingerprint density at radius 3 is 2.52 bits per heavy atom. The molecule has 15 heteroatoms. The molecule has 4 aliphatic rings. The number of benzene rings is 1. The zero-order valence-corrected chi connectivity index (χ0v) is 34.9. The number of amides is 6. The van der Waals surface area contributed by atoms with Crippen molar-refractivity contribution in [2.75, 3.05) is 58.9 Å². The summed E-state index contributed by atoms with van der Waals surface area (Å²) >= 11 is 0. The van der Waals surface area contributed by atoms with E-state index in [1.165, 1.54) is 9.80 Å². The van der Waals surface area contributed by atoms with Gasteiger partial charge in [0.25, 0.3) is 5.91 Å². The van der Waals surface area contributed by atoms with E-state index in [2.05, 4.69) is 34.3 Å². The Morgan fingerprint density at radius 2 is 1.79 bits per heavy atom. The predicted octanol–water partition coefficient (Wildman–Crippen LogP) is 2.74. The second-order valence-electron chi connectivity index (χ2n) is 16.3. The first-order valence-corrected chi connectivity index (χ1v) is 21.1. The fourth-order valence-corrected chi connectivity index (χ4v) is 8.48. The number of hydrogen-bond acceptors (Lipinski definition) is 9. The van der Waals surface area contributed by atoms with Gasteiger partial charge in [-0.3, -0.25) is 24.1 Å². The van der Waals surface area contributed by atoms with Crippen molar-refractivity contribution in [3.05, 3.63) is 48.6 Å². The molecule has 1 saturated carbocycles. The summed E-state index contributed by atoms with van der Waals surface area (Å²) in [4.78, 5) is 73.6. The molecule has 5 unspecified atom stereocenters. The number of rotatable bonds is 13. The van der Waals surface area contributed by atoms with Gasteiger partial charge in [0.2, 0.25) is 17.7 Å². The van der Waals surface area contributed by atoms with Crippen LogP contribution in [0.2, 0.25) is 0 Å². The zero-order chi connectivity index (χ0) is 41.8. The van der Waals surface area contributed by atoms with Gasteiger partial charge in [-0.05, 0) is 43.2 Å². The largest absolute Gasteiger partial charge is 0.493 e. The third kappa shape index (κ3) is 11.6. The van der Waals surface area contributed by atoms with E-state index >= 15 is 0 Å². The normalized spacial score (nSPS) is 25.9. The number of urea groups is 1. The Bertz CT molecular complexity index is 1630. The third-order valence-electron chi connectivity index (χ3n) is 11.9. The number of aliphatic hydroxyl groups is 1. The molecule has 0 aromatic heterocycles. The van der Waals surface area contributed by atoms with Crippen LogP contribution >= 0.6 is 0 Å². The van der Waals surface area contributed by atoms with Crippen LogP contribution in [-0.4, -0.2) is 135 Å². The molecule has 320 valence electrons. The van der Waals surface area contributed by atoms with Crippen LogP contribution < -0.4 is 30.9 Å². The first-order valence-electron chi connectivity index (χ1n) is 21.1. The van der Waals surface area contributed by atoms with Crippen molar-refractivity contribution in [1.29, 1.82) is 0 Å². The van der Waals surface area contributed by atoms with Gasteiger partial charge >= 0.3 is 6.03 Å². The Balaban J connectivity index is 1.27. The minimum absolute atomic E-state index is 0.0649. The number of allylic oxidation sites excluding steroid dienone is 3. The van der Waals surface area contributed by atoms with Crippen LogP contribution in [0.3, 0.4) is 0 Å². The molecule has 2 aliphatic heterocycles. The molecule has 1 saturated heterocycles. The first kappa shape index (κ1) is 44.6. The Labute approximate surface area is 343 Å². The minimum Gasteiger partial charge on any atom is -0.493 e. The lowest BCUT2D eigenvalue weighted by Gasteiger charge is -2.36. The van der Waals surface area contributed by atoms with E-state index in [1.807, 2.05) is 37.3 Å². The maximum atomic E-state index is 14.7. The van der Waals surface area contributed by atoms with Gasteiger partial charge in [0.15, 0.2) is 6.10 Å². The van der Waals surface area contributed by atoms with E-state index in [0.29, 0.717) is 43.9 Å². The number of aliphatic hydroxyl groups excluding tert-OH is 1. The molecule has 5 N–H and O–H groups in total. The number of anilines is 1. The van der Waals surface area contributed by atoms with E-state index in [1.54, 1.807) is 38.2 Å². The van der Waals surface area contributed by atoms with E-state index in [0.717, 1.165) is 32.1 Å². The maximum Gasteiger partial charge on any atom is 0.322 e.